The Morgan fingerprint density at radius 3 is 2.60 bits per heavy atom. The van der Waals surface area contributed by atoms with E-state index in [0.717, 1.165) is 10.8 Å². The highest BCUT2D eigenvalue weighted by Crippen LogP contribution is 2.16. The third kappa shape index (κ3) is 3.35. The summed E-state index contributed by atoms with van der Waals surface area (Å²) in [4.78, 5) is 14.2. The molecule has 2 aromatic rings. The molecule has 2 aromatic carbocycles. The fourth-order valence-electron chi connectivity index (χ4n) is 2.18. The van der Waals surface area contributed by atoms with Crippen LogP contribution in [0.1, 0.15) is 10.4 Å². The van der Waals surface area contributed by atoms with Gasteiger partial charge >= 0.3 is 0 Å². The summed E-state index contributed by atoms with van der Waals surface area (Å²) in [5.74, 6) is -0.00162. The zero-order chi connectivity index (χ0) is 14.4. The Labute approximate surface area is 119 Å². The van der Waals surface area contributed by atoms with Crippen LogP contribution in [0.5, 0.6) is 0 Å². The van der Waals surface area contributed by atoms with Crippen molar-refractivity contribution < 1.29 is 9.53 Å². The van der Waals surface area contributed by atoms with Crippen LogP contribution in [0.15, 0.2) is 42.5 Å². The molecule has 20 heavy (non-hydrogen) atoms. The molecular formula is C16H20N2O2. The van der Waals surface area contributed by atoms with Gasteiger partial charge in [-0.3, -0.25) is 4.79 Å². The van der Waals surface area contributed by atoms with Crippen LogP contribution >= 0.6 is 0 Å². The van der Waals surface area contributed by atoms with Crippen LogP contribution in [0.4, 0.5) is 0 Å². The third-order valence-electron chi connectivity index (χ3n) is 3.25. The van der Waals surface area contributed by atoms with Crippen molar-refractivity contribution in [2.24, 2.45) is 5.73 Å². The Kier molecular flexibility index (Phi) is 5.09. The first kappa shape index (κ1) is 14.5. The highest BCUT2D eigenvalue weighted by atomic mass is 16.5. The fraction of sp³-hybridized carbons (Fsp3) is 0.312. The van der Waals surface area contributed by atoms with Crippen molar-refractivity contribution in [2.75, 3.05) is 33.4 Å². The maximum Gasteiger partial charge on any atom is 0.253 e. The van der Waals surface area contributed by atoms with Gasteiger partial charge in [0, 0.05) is 32.3 Å². The summed E-state index contributed by atoms with van der Waals surface area (Å²) in [6.07, 6.45) is 0. The summed E-state index contributed by atoms with van der Waals surface area (Å²) >= 11 is 0. The molecule has 106 valence electrons. The summed E-state index contributed by atoms with van der Waals surface area (Å²) in [6.45, 7) is 2.05. The van der Waals surface area contributed by atoms with Crippen LogP contribution in [-0.2, 0) is 4.74 Å². The number of ether oxygens (including phenoxy) is 1. The van der Waals surface area contributed by atoms with E-state index < -0.39 is 0 Å². The SMILES string of the molecule is COCCN(CCN)C(=O)c1ccc2ccccc2c1. The zero-order valence-electron chi connectivity index (χ0n) is 11.7. The molecule has 0 heterocycles. The van der Waals surface area contributed by atoms with E-state index in [0.29, 0.717) is 31.8 Å². The molecule has 4 heteroatoms. The van der Waals surface area contributed by atoms with Gasteiger partial charge in [-0.25, -0.2) is 0 Å². The van der Waals surface area contributed by atoms with Gasteiger partial charge in [0.2, 0.25) is 0 Å². The van der Waals surface area contributed by atoms with Crippen molar-refractivity contribution in [3.05, 3.63) is 48.0 Å². The number of rotatable bonds is 6. The largest absolute Gasteiger partial charge is 0.383 e. The second kappa shape index (κ2) is 7.03. The van der Waals surface area contributed by atoms with Crippen LogP contribution in [-0.4, -0.2) is 44.2 Å². The second-order valence-electron chi connectivity index (χ2n) is 4.64. The number of nitrogens with two attached hydrogens (primary N) is 1. The van der Waals surface area contributed by atoms with Crippen molar-refractivity contribution in [1.82, 2.24) is 4.90 Å². The number of carbonyl (C=O) groups excluding carboxylic acids is 1. The fourth-order valence-corrected chi connectivity index (χ4v) is 2.18. The molecule has 0 spiro atoms. The predicted octanol–water partition coefficient (Wildman–Crippen LogP) is 1.89. The van der Waals surface area contributed by atoms with Crippen molar-refractivity contribution in [2.45, 2.75) is 0 Å². The maximum absolute atomic E-state index is 12.5. The van der Waals surface area contributed by atoms with E-state index in [4.69, 9.17) is 10.5 Å². The Balaban J connectivity index is 2.23. The Hall–Kier alpha value is -1.91. The van der Waals surface area contributed by atoms with E-state index >= 15 is 0 Å². The number of methoxy groups -OCH3 is 1. The Morgan fingerprint density at radius 1 is 1.15 bits per heavy atom. The van der Waals surface area contributed by atoms with E-state index in [1.807, 2.05) is 42.5 Å². The molecule has 0 aliphatic carbocycles. The molecule has 2 N–H and O–H groups in total. The van der Waals surface area contributed by atoms with Crippen LogP contribution in [0, 0.1) is 0 Å². The quantitative estimate of drug-likeness (QED) is 0.873. The van der Waals surface area contributed by atoms with Crippen molar-refractivity contribution in [3.8, 4) is 0 Å². The molecule has 0 saturated carbocycles. The lowest BCUT2D eigenvalue weighted by atomic mass is 10.1. The number of amides is 1. The lowest BCUT2D eigenvalue weighted by Gasteiger charge is -2.21. The van der Waals surface area contributed by atoms with Crippen LogP contribution in [0.3, 0.4) is 0 Å². The first-order valence-corrected chi connectivity index (χ1v) is 6.73. The van der Waals surface area contributed by atoms with Crippen molar-refractivity contribution in [1.29, 1.82) is 0 Å². The minimum Gasteiger partial charge on any atom is -0.383 e. The van der Waals surface area contributed by atoms with Gasteiger partial charge in [0.1, 0.15) is 0 Å². The first-order chi connectivity index (χ1) is 9.76. The number of nitrogens with zero attached hydrogens (tertiary/aromatic N) is 1. The van der Waals surface area contributed by atoms with Crippen LogP contribution < -0.4 is 5.73 Å². The summed E-state index contributed by atoms with van der Waals surface area (Å²) in [5, 5.41) is 2.20. The van der Waals surface area contributed by atoms with Gasteiger partial charge in [0.05, 0.1) is 6.61 Å². The second-order valence-corrected chi connectivity index (χ2v) is 4.64. The summed E-state index contributed by atoms with van der Waals surface area (Å²) in [5.41, 5.74) is 6.26. The van der Waals surface area contributed by atoms with E-state index in [1.54, 1.807) is 12.0 Å². The lowest BCUT2D eigenvalue weighted by molar-refractivity contribution is 0.0701. The van der Waals surface area contributed by atoms with Crippen molar-refractivity contribution in [3.63, 3.8) is 0 Å². The average molecular weight is 272 g/mol. The lowest BCUT2D eigenvalue weighted by Crippen LogP contribution is -2.37. The van der Waals surface area contributed by atoms with Gasteiger partial charge in [0.25, 0.3) is 5.91 Å². The van der Waals surface area contributed by atoms with Gasteiger partial charge in [-0.05, 0) is 22.9 Å². The molecule has 0 saturated heterocycles. The monoisotopic (exact) mass is 272 g/mol. The summed E-state index contributed by atoms with van der Waals surface area (Å²) < 4.78 is 5.04. The standard InChI is InChI=1S/C16H20N2O2/c1-20-11-10-18(9-8-17)16(19)15-7-6-13-4-2-3-5-14(13)12-15/h2-7,12H,8-11,17H2,1H3. The first-order valence-electron chi connectivity index (χ1n) is 6.73. The zero-order valence-corrected chi connectivity index (χ0v) is 11.7. The number of carbonyl (C=O) groups is 1. The summed E-state index contributed by atoms with van der Waals surface area (Å²) in [7, 11) is 1.63. The predicted molar refractivity (Wildman–Crippen MR) is 80.8 cm³/mol. The molecule has 0 aliphatic rings. The Bertz CT molecular complexity index is 583. The van der Waals surface area contributed by atoms with E-state index in [-0.39, 0.29) is 5.91 Å². The number of hydrogen-bond donors (Lipinski definition) is 1. The molecular weight excluding hydrogens is 252 g/mol. The molecule has 0 unspecified atom stereocenters. The van der Waals surface area contributed by atoms with E-state index in [9.17, 15) is 4.79 Å². The maximum atomic E-state index is 12.5. The normalized spacial score (nSPS) is 10.7. The van der Waals surface area contributed by atoms with Crippen LogP contribution in [0.25, 0.3) is 10.8 Å². The topological polar surface area (TPSA) is 55.6 Å². The van der Waals surface area contributed by atoms with Gasteiger partial charge in [-0.1, -0.05) is 30.3 Å². The molecule has 0 aromatic heterocycles. The smallest absolute Gasteiger partial charge is 0.253 e. The van der Waals surface area contributed by atoms with Gasteiger partial charge in [-0.2, -0.15) is 0 Å². The van der Waals surface area contributed by atoms with Crippen molar-refractivity contribution >= 4 is 16.7 Å². The van der Waals surface area contributed by atoms with Gasteiger partial charge in [0.15, 0.2) is 0 Å². The molecule has 0 aliphatic heterocycles. The number of fused-ring (bicyclic) bond motifs is 1. The highest BCUT2D eigenvalue weighted by Gasteiger charge is 2.14. The Morgan fingerprint density at radius 2 is 1.90 bits per heavy atom. The van der Waals surface area contributed by atoms with Crippen LogP contribution in [0.2, 0.25) is 0 Å². The molecule has 1 amide bonds. The minimum absolute atomic E-state index is 0.00162. The molecule has 0 fully saturated rings. The van der Waals surface area contributed by atoms with Gasteiger partial charge in [-0.15, -0.1) is 0 Å². The summed E-state index contributed by atoms with van der Waals surface area (Å²) in [6, 6.07) is 13.8. The van der Waals surface area contributed by atoms with E-state index in [2.05, 4.69) is 0 Å². The third-order valence-corrected chi connectivity index (χ3v) is 3.25. The average Bonchev–Trinajstić information content (AvgIpc) is 2.50. The molecule has 0 radical (unpaired) electrons. The van der Waals surface area contributed by atoms with E-state index in [1.165, 1.54) is 0 Å². The minimum atomic E-state index is -0.00162. The molecule has 0 bridgehead atoms. The highest BCUT2D eigenvalue weighted by molar-refractivity contribution is 5.98. The van der Waals surface area contributed by atoms with Gasteiger partial charge < -0.3 is 15.4 Å². The number of hydrogen-bond acceptors (Lipinski definition) is 3. The molecule has 4 nitrogen and oxygen atoms in total. The molecule has 2 rings (SSSR count). The molecule has 0 atom stereocenters. The number of benzene rings is 2.